The van der Waals surface area contributed by atoms with Crippen molar-refractivity contribution in [3.63, 3.8) is 0 Å². The molecule has 1 fully saturated rings. The predicted octanol–water partition coefficient (Wildman–Crippen LogP) is 3.96. The first-order valence-corrected chi connectivity index (χ1v) is 8.05. The Morgan fingerprint density at radius 1 is 1.00 bits per heavy atom. The van der Waals surface area contributed by atoms with Crippen molar-refractivity contribution in [3.05, 3.63) is 58.0 Å². The summed E-state index contributed by atoms with van der Waals surface area (Å²) in [7, 11) is 0. The van der Waals surface area contributed by atoms with Gasteiger partial charge in [0.25, 0.3) is 11.1 Å². The highest BCUT2D eigenvalue weighted by atomic mass is 32.2. The second-order valence-corrected chi connectivity index (χ2v) is 6.55. The number of carbonyl (C=O) groups is 2. The highest BCUT2D eigenvalue weighted by Crippen LogP contribution is 2.37. The largest absolute Gasteiger partial charge is 0.504 e. The van der Waals surface area contributed by atoms with Crippen LogP contribution >= 0.6 is 11.8 Å². The van der Waals surface area contributed by atoms with Gasteiger partial charge in [-0.25, -0.2) is 4.90 Å². The van der Waals surface area contributed by atoms with E-state index < -0.39 is 5.91 Å². The molecule has 0 atom stereocenters. The van der Waals surface area contributed by atoms with Crippen molar-refractivity contribution in [3.8, 4) is 11.5 Å². The van der Waals surface area contributed by atoms with Crippen LogP contribution in [0.25, 0.3) is 6.08 Å². The van der Waals surface area contributed by atoms with Gasteiger partial charge >= 0.3 is 0 Å². The highest BCUT2D eigenvalue weighted by Gasteiger charge is 2.36. The van der Waals surface area contributed by atoms with Gasteiger partial charge in [-0.2, -0.15) is 0 Å². The standard InChI is InChI=1S/C18H15NO4S/c1-10-3-5-13(11(2)7-10)19-17(22)16(24-18(19)23)9-12-4-6-14(20)15(21)8-12/h3-9,20-21H,1-2H3/b16-9-. The van der Waals surface area contributed by atoms with Crippen LogP contribution in [0.2, 0.25) is 0 Å². The number of carbonyl (C=O) groups excluding carboxylic acids is 2. The fraction of sp³-hybridized carbons (Fsp3) is 0.111. The van der Waals surface area contributed by atoms with Crippen molar-refractivity contribution in [1.29, 1.82) is 0 Å². The van der Waals surface area contributed by atoms with Crippen molar-refractivity contribution < 1.29 is 19.8 Å². The number of aryl methyl sites for hydroxylation is 2. The van der Waals surface area contributed by atoms with Crippen LogP contribution in [0.5, 0.6) is 11.5 Å². The zero-order valence-electron chi connectivity index (χ0n) is 13.1. The SMILES string of the molecule is Cc1ccc(N2C(=O)S/C(=C\c3ccc(O)c(O)c3)C2=O)c(C)c1. The summed E-state index contributed by atoms with van der Waals surface area (Å²) < 4.78 is 0. The molecule has 6 heteroatoms. The Kier molecular flexibility index (Phi) is 4.07. The lowest BCUT2D eigenvalue weighted by molar-refractivity contribution is -0.113. The van der Waals surface area contributed by atoms with Gasteiger partial charge in [0, 0.05) is 0 Å². The van der Waals surface area contributed by atoms with Crippen LogP contribution in [0.15, 0.2) is 41.3 Å². The third-order valence-electron chi connectivity index (χ3n) is 3.68. The van der Waals surface area contributed by atoms with E-state index in [9.17, 15) is 19.8 Å². The normalized spacial score (nSPS) is 16.2. The summed E-state index contributed by atoms with van der Waals surface area (Å²) in [4.78, 5) is 26.3. The number of phenolic OH excluding ortho intramolecular Hbond substituents is 2. The van der Waals surface area contributed by atoms with Gasteiger partial charge in [-0.1, -0.05) is 23.8 Å². The zero-order valence-corrected chi connectivity index (χ0v) is 13.9. The smallest absolute Gasteiger partial charge is 0.298 e. The number of nitrogens with zero attached hydrogens (tertiary/aromatic N) is 1. The van der Waals surface area contributed by atoms with Crippen LogP contribution in [0, 0.1) is 13.8 Å². The molecule has 0 saturated carbocycles. The van der Waals surface area contributed by atoms with Crippen LogP contribution in [-0.2, 0) is 4.79 Å². The van der Waals surface area contributed by atoms with Gasteiger partial charge in [-0.15, -0.1) is 0 Å². The highest BCUT2D eigenvalue weighted by molar-refractivity contribution is 8.19. The molecular formula is C18H15NO4S. The lowest BCUT2D eigenvalue weighted by atomic mass is 10.1. The van der Waals surface area contributed by atoms with Crippen LogP contribution in [0.1, 0.15) is 16.7 Å². The number of amides is 2. The molecule has 1 saturated heterocycles. The molecule has 0 unspecified atom stereocenters. The van der Waals surface area contributed by atoms with E-state index in [0.717, 1.165) is 27.8 Å². The number of hydrogen-bond acceptors (Lipinski definition) is 5. The first kappa shape index (κ1) is 16.1. The summed E-state index contributed by atoms with van der Waals surface area (Å²) in [6.07, 6.45) is 1.52. The molecule has 1 aliphatic rings. The topological polar surface area (TPSA) is 77.8 Å². The van der Waals surface area contributed by atoms with Gasteiger partial charge in [-0.05, 0) is 61.0 Å². The third kappa shape index (κ3) is 2.88. The average Bonchev–Trinajstić information content (AvgIpc) is 2.78. The monoisotopic (exact) mass is 341 g/mol. The van der Waals surface area contributed by atoms with Gasteiger partial charge in [0.15, 0.2) is 11.5 Å². The summed E-state index contributed by atoms with van der Waals surface area (Å²) in [5.74, 6) is -0.919. The zero-order chi connectivity index (χ0) is 17.4. The van der Waals surface area contributed by atoms with Crippen LogP contribution in [-0.4, -0.2) is 21.4 Å². The number of rotatable bonds is 2. The van der Waals surface area contributed by atoms with E-state index >= 15 is 0 Å². The molecule has 0 aliphatic carbocycles. The van der Waals surface area contributed by atoms with Gasteiger partial charge in [0.1, 0.15) is 0 Å². The average molecular weight is 341 g/mol. The lowest BCUT2D eigenvalue weighted by Crippen LogP contribution is -2.28. The van der Waals surface area contributed by atoms with Crippen molar-refractivity contribution in [2.75, 3.05) is 4.90 Å². The summed E-state index contributed by atoms with van der Waals surface area (Å²) in [6.45, 7) is 3.80. The molecule has 0 aromatic heterocycles. The molecule has 0 bridgehead atoms. The fourth-order valence-corrected chi connectivity index (χ4v) is 3.35. The number of imide groups is 1. The summed E-state index contributed by atoms with van der Waals surface area (Å²) in [5, 5.41) is 18.5. The van der Waals surface area contributed by atoms with Crippen molar-refractivity contribution in [1.82, 2.24) is 0 Å². The molecule has 2 N–H and O–H groups in total. The van der Waals surface area contributed by atoms with Crippen molar-refractivity contribution >= 4 is 34.7 Å². The van der Waals surface area contributed by atoms with Gasteiger partial charge in [0.05, 0.1) is 10.6 Å². The van der Waals surface area contributed by atoms with E-state index in [2.05, 4.69) is 0 Å². The second kappa shape index (κ2) is 6.05. The Labute approximate surface area is 143 Å². The number of aromatic hydroxyl groups is 2. The number of benzene rings is 2. The van der Waals surface area contributed by atoms with Gasteiger partial charge in [0.2, 0.25) is 0 Å². The summed E-state index contributed by atoms with van der Waals surface area (Å²) in [5.41, 5.74) is 3.00. The number of anilines is 1. The second-order valence-electron chi connectivity index (χ2n) is 5.56. The van der Waals surface area contributed by atoms with E-state index in [1.165, 1.54) is 18.2 Å². The number of hydrogen-bond donors (Lipinski definition) is 2. The van der Waals surface area contributed by atoms with Crippen molar-refractivity contribution in [2.45, 2.75) is 13.8 Å². The minimum Gasteiger partial charge on any atom is -0.504 e. The molecule has 0 spiro atoms. The molecule has 2 aromatic rings. The van der Waals surface area contributed by atoms with Crippen LogP contribution in [0.4, 0.5) is 10.5 Å². The van der Waals surface area contributed by atoms with E-state index in [0.29, 0.717) is 11.3 Å². The molecule has 0 radical (unpaired) electrons. The maximum atomic E-state index is 12.6. The summed E-state index contributed by atoms with van der Waals surface area (Å²) in [6, 6.07) is 9.75. The third-order valence-corrected chi connectivity index (χ3v) is 4.55. The van der Waals surface area contributed by atoms with E-state index in [-0.39, 0.29) is 21.6 Å². The molecule has 5 nitrogen and oxygen atoms in total. The van der Waals surface area contributed by atoms with E-state index in [1.807, 2.05) is 26.0 Å². The molecule has 1 aliphatic heterocycles. The Balaban J connectivity index is 1.96. The Morgan fingerprint density at radius 2 is 1.75 bits per heavy atom. The van der Waals surface area contributed by atoms with E-state index in [4.69, 9.17) is 0 Å². The fourth-order valence-electron chi connectivity index (χ4n) is 2.51. The Bertz CT molecular complexity index is 889. The number of thioether (sulfide) groups is 1. The number of phenols is 2. The Hall–Kier alpha value is -2.73. The maximum absolute atomic E-state index is 12.6. The van der Waals surface area contributed by atoms with E-state index in [1.54, 1.807) is 12.1 Å². The first-order valence-electron chi connectivity index (χ1n) is 7.24. The van der Waals surface area contributed by atoms with Crippen molar-refractivity contribution in [2.24, 2.45) is 0 Å². The molecule has 2 amide bonds. The van der Waals surface area contributed by atoms with Crippen LogP contribution < -0.4 is 4.90 Å². The Morgan fingerprint density at radius 3 is 2.42 bits per heavy atom. The quantitative estimate of drug-likeness (QED) is 0.639. The lowest BCUT2D eigenvalue weighted by Gasteiger charge is -2.15. The van der Waals surface area contributed by atoms with Gasteiger partial charge < -0.3 is 10.2 Å². The molecule has 2 aromatic carbocycles. The minimum atomic E-state index is -0.399. The minimum absolute atomic E-state index is 0.240. The molecule has 1 heterocycles. The maximum Gasteiger partial charge on any atom is 0.298 e. The first-order chi connectivity index (χ1) is 11.4. The summed E-state index contributed by atoms with van der Waals surface area (Å²) >= 11 is 0.849. The molecule has 3 rings (SSSR count). The van der Waals surface area contributed by atoms with Gasteiger partial charge in [-0.3, -0.25) is 9.59 Å². The predicted molar refractivity (Wildman–Crippen MR) is 94.1 cm³/mol. The molecule has 122 valence electrons. The molecular weight excluding hydrogens is 326 g/mol. The molecule has 24 heavy (non-hydrogen) atoms. The van der Waals surface area contributed by atoms with Crippen LogP contribution in [0.3, 0.4) is 0 Å².